The molecular weight excluding hydrogens is 268 g/mol. The molecule has 2 rings (SSSR count). The molecule has 0 unspecified atom stereocenters. The quantitative estimate of drug-likeness (QED) is 0.510. The molecule has 2 atom stereocenters. The monoisotopic (exact) mass is 290 g/mol. The number of aromatic nitrogens is 1. The van der Waals surface area contributed by atoms with E-state index in [4.69, 9.17) is 12.2 Å². The summed E-state index contributed by atoms with van der Waals surface area (Å²) in [6.45, 7) is 4.24. The minimum Gasteiger partial charge on any atom is -0.358 e. The fourth-order valence-corrected chi connectivity index (χ4v) is 2.72. The van der Waals surface area contributed by atoms with Gasteiger partial charge in [-0.05, 0) is 50.0 Å². The average molecular weight is 290 g/mol. The van der Waals surface area contributed by atoms with Gasteiger partial charge in [0, 0.05) is 24.0 Å². The van der Waals surface area contributed by atoms with Crippen LogP contribution in [-0.4, -0.2) is 21.8 Å². The first-order valence-electron chi connectivity index (χ1n) is 7.18. The number of pyridine rings is 1. The molecule has 0 amide bonds. The van der Waals surface area contributed by atoms with E-state index in [9.17, 15) is 0 Å². The Kier molecular flexibility index (Phi) is 5.47. The fraction of sp³-hybridized carbons (Fsp3) is 0.533. The maximum absolute atomic E-state index is 5.31. The summed E-state index contributed by atoms with van der Waals surface area (Å²) in [5.74, 6) is 0.675. The van der Waals surface area contributed by atoms with E-state index in [1.54, 1.807) is 12.4 Å². The largest absolute Gasteiger partial charge is 0.358 e. The SMILES string of the molecule is C/C(=N/NC(=S)N[C@H]1CCCC[C@@H]1C)c1ccncc1. The Morgan fingerprint density at radius 3 is 2.70 bits per heavy atom. The summed E-state index contributed by atoms with van der Waals surface area (Å²) in [5.41, 5.74) is 4.88. The van der Waals surface area contributed by atoms with Crippen LogP contribution in [0, 0.1) is 5.92 Å². The minimum atomic E-state index is 0.472. The van der Waals surface area contributed by atoms with E-state index in [0.29, 0.717) is 17.1 Å². The van der Waals surface area contributed by atoms with Crippen molar-refractivity contribution in [3.63, 3.8) is 0 Å². The van der Waals surface area contributed by atoms with Crippen molar-refractivity contribution in [2.45, 2.75) is 45.6 Å². The molecule has 0 saturated heterocycles. The van der Waals surface area contributed by atoms with Gasteiger partial charge < -0.3 is 5.32 Å². The lowest BCUT2D eigenvalue weighted by Gasteiger charge is -2.30. The molecule has 0 bridgehead atoms. The van der Waals surface area contributed by atoms with Gasteiger partial charge in [0.15, 0.2) is 5.11 Å². The number of hydrogen-bond acceptors (Lipinski definition) is 3. The van der Waals surface area contributed by atoms with Crippen molar-refractivity contribution in [3.8, 4) is 0 Å². The maximum atomic E-state index is 5.31. The highest BCUT2D eigenvalue weighted by molar-refractivity contribution is 7.80. The number of hydrazone groups is 1. The molecule has 108 valence electrons. The summed E-state index contributed by atoms with van der Waals surface area (Å²) >= 11 is 5.31. The zero-order valence-corrected chi connectivity index (χ0v) is 12.9. The number of nitrogens with one attached hydrogen (secondary N) is 2. The Morgan fingerprint density at radius 2 is 2.00 bits per heavy atom. The molecule has 1 saturated carbocycles. The zero-order chi connectivity index (χ0) is 14.4. The van der Waals surface area contributed by atoms with Gasteiger partial charge in [-0.15, -0.1) is 0 Å². The lowest BCUT2D eigenvalue weighted by Crippen LogP contribution is -2.44. The first-order valence-corrected chi connectivity index (χ1v) is 7.59. The van der Waals surface area contributed by atoms with E-state index in [2.05, 4.69) is 27.8 Å². The van der Waals surface area contributed by atoms with Gasteiger partial charge in [-0.1, -0.05) is 19.8 Å². The van der Waals surface area contributed by atoms with Gasteiger partial charge in [0.1, 0.15) is 0 Å². The molecule has 0 spiro atoms. The number of thiocarbonyl (C=S) groups is 1. The summed E-state index contributed by atoms with van der Waals surface area (Å²) in [6, 6.07) is 4.33. The molecule has 4 nitrogen and oxygen atoms in total. The van der Waals surface area contributed by atoms with Crippen LogP contribution in [-0.2, 0) is 0 Å². The van der Waals surface area contributed by atoms with Crippen molar-refractivity contribution in [2.24, 2.45) is 11.0 Å². The van der Waals surface area contributed by atoms with Crippen LogP contribution < -0.4 is 10.7 Å². The van der Waals surface area contributed by atoms with Gasteiger partial charge in [-0.3, -0.25) is 10.4 Å². The molecule has 1 aromatic rings. The highest BCUT2D eigenvalue weighted by Gasteiger charge is 2.21. The Labute approximate surface area is 126 Å². The molecule has 1 heterocycles. The third-order valence-corrected chi connectivity index (χ3v) is 4.06. The van der Waals surface area contributed by atoms with Gasteiger partial charge >= 0.3 is 0 Å². The van der Waals surface area contributed by atoms with Crippen molar-refractivity contribution >= 4 is 23.0 Å². The number of hydrogen-bond donors (Lipinski definition) is 2. The fourth-order valence-electron chi connectivity index (χ4n) is 2.52. The number of rotatable bonds is 3. The third-order valence-electron chi connectivity index (χ3n) is 3.85. The second-order valence-corrected chi connectivity index (χ2v) is 5.79. The maximum Gasteiger partial charge on any atom is 0.187 e. The molecule has 0 aliphatic heterocycles. The topological polar surface area (TPSA) is 49.3 Å². The molecular formula is C15H22N4S. The van der Waals surface area contributed by atoms with Crippen LogP contribution >= 0.6 is 12.2 Å². The third kappa shape index (κ3) is 4.27. The molecule has 1 aliphatic rings. The predicted octanol–water partition coefficient (Wildman–Crippen LogP) is 2.85. The van der Waals surface area contributed by atoms with Crippen LogP contribution in [0.5, 0.6) is 0 Å². The molecule has 1 aliphatic carbocycles. The second kappa shape index (κ2) is 7.33. The van der Waals surface area contributed by atoms with E-state index < -0.39 is 0 Å². The summed E-state index contributed by atoms with van der Waals surface area (Å²) < 4.78 is 0. The van der Waals surface area contributed by atoms with Gasteiger partial charge in [0.2, 0.25) is 0 Å². The van der Waals surface area contributed by atoms with Crippen LogP contribution in [0.1, 0.15) is 45.1 Å². The lowest BCUT2D eigenvalue weighted by atomic mass is 9.86. The standard InChI is InChI=1S/C15H22N4S/c1-11-5-3-4-6-14(11)17-15(20)19-18-12(2)13-7-9-16-10-8-13/h7-11,14H,3-6H2,1-2H3,(H2,17,19,20)/b18-12-/t11-,14-/m0/s1. The van der Waals surface area contributed by atoms with Crippen molar-refractivity contribution in [3.05, 3.63) is 30.1 Å². The van der Waals surface area contributed by atoms with Gasteiger partial charge in [-0.25, -0.2) is 0 Å². The molecule has 5 heteroatoms. The summed E-state index contributed by atoms with van der Waals surface area (Å²) in [5, 5.41) is 8.30. The van der Waals surface area contributed by atoms with Crippen LogP contribution in [0.15, 0.2) is 29.6 Å². The zero-order valence-electron chi connectivity index (χ0n) is 12.1. The Hall–Kier alpha value is -1.49. The predicted molar refractivity (Wildman–Crippen MR) is 86.7 cm³/mol. The summed E-state index contributed by atoms with van der Waals surface area (Å²) in [6.07, 6.45) is 8.60. The molecule has 0 aromatic carbocycles. The summed E-state index contributed by atoms with van der Waals surface area (Å²) in [7, 11) is 0. The Balaban J connectivity index is 1.85. The van der Waals surface area contributed by atoms with Gasteiger partial charge in [0.25, 0.3) is 0 Å². The van der Waals surface area contributed by atoms with Crippen molar-refractivity contribution < 1.29 is 0 Å². The lowest BCUT2D eigenvalue weighted by molar-refractivity contribution is 0.308. The van der Waals surface area contributed by atoms with E-state index in [1.165, 1.54) is 25.7 Å². The van der Waals surface area contributed by atoms with Gasteiger partial charge in [0.05, 0.1) is 5.71 Å². The summed E-state index contributed by atoms with van der Waals surface area (Å²) in [4.78, 5) is 4.00. The van der Waals surface area contributed by atoms with Crippen LogP contribution in [0.25, 0.3) is 0 Å². The average Bonchev–Trinajstić information content (AvgIpc) is 2.48. The molecule has 0 radical (unpaired) electrons. The van der Waals surface area contributed by atoms with Crippen molar-refractivity contribution in [1.82, 2.24) is 15.7 Å². The first kappa shape index (κ1) is 14.9. The van der Waals surface area contributed by atoms with Crippen LogP contribution in [0.4, 0.5) is 0 Å². The highest BCUT2D eigenvalue weighted by atomic mass is 32.1. The Bertz CT molecular complexity index is 472. The van der Waals surface area contributed by atoms with E-state index in [1.807, 2.05) is 19.1 Å². The highest BCUT2D eigenvalue weighted by Crippen LogP contribution is 2.23. The first-order chi connectivity index (χ1) is 9.66. The van der Waals surface area contributed by atoms with E-state index >= 15 is 0 Å². The normalized spacial score (nSPS) is 23.2. The Morgan fingerprint density at radius 1 is 1.30 bits per heavy atom. The smallest absolute Gasteiger partial charge is 0.187 e. The van der Waals surface area contributed by atoms with E-state index in [0.717, 1.165) is 11.3 Å². The van der Waals surface area contributed by atoms with Gasteiger partial charge in [-0.2, -0.15) is 5.10 Å². The molecule has 2 N–H and O–H groups in total. The van der Waals surface area contributed by atoms with Crippen molar-refractivity contribution in [2.75, 3.05) is 0 Å². The van der Waals surface area contributed by atoms with Crippen LogP contribution in [0.3, 0.4) is 0 Å². The molecule has 1 aromatic heterocycles. The van der Waals surface area contributed by atoms with E-state index in [-0.39, 0.29) is 0 Å². The molecule has 20 heavy (non-hydrogen) atoms. The minimum absolute atomic E-state index is 0.472. The number of nitrogens with zero attached hydrogens (tertiary/aromatic N) is 2. The van der Waals surface area contributed by atoms with Crippen LogP contribution in [0.2, 0.25) is 0 Å². The van der Waals surface area contributed by atoms with Crippen molar-refractivity contribution in [1.29, 1.82) is 0 Å². The second-order valence-electron chi connectivity index (χ2n) is 5.39. The molecule has 1 fully saturated rings.